The van der Waals surface area contributed by atoms with Crippen molar-refractivity contribution >= 4 is 6.15 Å². The molecule has 0 amide bonds. The molecular weight excluding hydrogens is 222 g/mol. The van der Waals surface area contributed by atoms with Gasteiger partial charge in [-0.1, -0.05) is 17.7 Å². The highest BCUT2D eigenvalue weighted by molar-refractivity contribution is 5.37. The molecule has 1 aromatic carbocycles. The van der Waals surface area contributed by atoms with Gasteiger partial charge in [0.2, 0.25) is 0 Å². The highest BCUT2D eigenvalue weighted by atomic mass is 16.5. The number of nitrogens with one attached hydrogen (secondary N) is 1. The Bertz CT molecular complexity index is 503. The second-order valence-corrected chi connectivity index (χ2v) is 3.26. The van der Waals surface area contributed by atoms with Crippen molar-refractivity contribution in [3.8, 4) is 11.6 Å². The Morgan fingerprint density at radius 3 is 2.53 bits per heavy atom. The molecule has 1 aromatic heterocycles. The number of hydrogen-bond donors (Lipinski definition) is 1. The van der Waals surface area contributed by atoms with Crippen molar-refractivity contribution in [1.82, 2.24) is 15.4 Å². The number of hydrogen-bond acceptors (Lipinski definition) is 5. The van der Waals surface area contributed by atoms with Crippen LogP contribution in [0, 0.1) is 13.8 Å². The van der Waals surface area contributed by atoms with Gasteiger partial charge in [-0.25, -0.2) is 0 Å². The van der Waals surface area contributed by atoms with E-state index in [2.05, 4.69) is 21.5 Å². The van der Waals surface area contributed by atoms with Crippen molar-refractivity contribution in [2.24, 2.45) is 0 Å². The van der Waals surface area contributed by atoms with Crippen LogP contribution in [-0.4, -0.2) is 21.6 Å². The molecule has 2 rings (SSSR count). The quantitative estimate of drug-likeness (QED) is 0.852. The fraction of sp³-hybridized carbons (Fsp3) is 0.182. The normalized spacial score (nSPS) is 8.82. The number of aromatic amines is 1. The van der Waals surface area contributed by atoms with Gasteiger partial charge in [0.05, 0.1) is 0 Å². The van der Waals surface area contributed by atoms with E-state index >= 15 is 0 Å². The minimum atomic E-state index is 0.250. The van der Waals surface area contributed by atoms with Crippen LogP contribution in [0.3, 0.4) is 0 Å². The molecule has 0 fully saturated rings. The lowest BCUT2D eigenvalue weighted by Gasteiger charge is -2.05. The zero-order chi connectivity index (χ0) is 12.7. The van der Waals surface area contributed by atoms with E-state index in [9.17, 15) is 0 Å². The van der Waals surface area contributed by atoms with E-state index in [1.165, 1.54) is 5.56 Å². The molecule has 6 nitrogen and oxygen atoms in total. The molecule has 0 bridgehead atoms. The van der Waals surface area contributed by atoms with Gasteiger partial charge in [-0.05, 0) is 25.5 Å². The predicted molar refractivity (Wildman–Crippen MR) is 57.4 cm³/mol. The molecule has 0 aliphatic carbocycles. The van der Waals surface area contributed by atoms with Crippen LogP contribution in [0.1, 0.15) is 11.1 Å². The zero-order valence-corrected chi connectivity index (χ0v) is 9.43. The fourth-order valence-electron chi connectivity index (χ4n) is 1.27. The first-order valence-electron chi connectivity index (χ1n) is 4.77. The molecular formula is C11H11N3O3. The topological polar surface area (TPSA) is 84.9 Å². The highest BCUT2D eigenvalue weighted by Crippen LogP contribution is 2.23. The van der Waals surface area contributed by atoms with Crippen LogP contribution in [0.2, 0.25) is 0 Å². The van der Waals surface area contributed by atoms with Crippen LogP contribution < -0.4 is 4.74 Å². The Morgan fingerprint density at radius 2 is 2.00 bits per heavy atom. The molecule has 1 N–H and O–H groups in total. The molecule has 17 heavy (non-hydrogen) atoms. The summed E-state index contributed by atoms with van der Waals surface area (Å²) in [4.78, 5) is 16.2. The number of benzene rings is 1. The molecule has 0 aliphatic rings. The number of H-pyrrole nitrogens is 1. The molecule has 1 heterocycles. The van der Waals surface area contributed by atoms with E-state index in [1.807, 2.05) is 26.0 Å². The van der Waals surface area contributed by atoms with Crippen molar-refractivity contribution in [2.45, 2.75) is 13.8 Å². The summed E-state index contributed by atoms with van der Waals surface area (Å²) in [7, 11) is 0. The second kappa shape index (κ2) is 6.19. The summed E-state index contributed by atoms with van der Waals surface area (Å²) in [6.45, 7) is 4.05. The van der Waals surface area contributed by atoms with E-state index in [1.54, 1.807) is 6.20 Å². The highest BCUT2D eigenvalue weighted by Gasteiger charge is 2.02. The molecule has 0 saturated heterocycles. The number of aryl methyl sites for hydroxylation is 2. The lowest BCUT2D eigenvalue weighted by Crippen LogP contribution is -1.88. The van der Waals surface area contributed by atoms with Crippen molar-refractivity contribution in [2.75, 3.05) is 0 Å². The van der Waals surface area contributed by atoms with Crippen LogP contribution in [0.5, 0.6) is 11.6 Å². The van der Waals surface area contributed by atoms with Gasteiger partial charge < -0.3 is 4.74 Å². The molecule has 0 radical (unpaired) electrons. The Balaban J connectivity index is 0.000000437. The molecule has 0 spiro atoms. The van der Waals surface area contributed by atoms with Crippen LogP contribution in [0.4, 0.5) is 0 Å². The SMILES string of the molecule is Cc1ccc(Oc2cn[nH]n2)c(C)c1.O=C=O. The molecule has 0 atom stereocenters. The Labute approximate surface area is 97.6 Å². The smallest absolute Gasteiger partial charge is 0.373 e. The van der Waals surface area contributed by atoms with E-state index in [0.717, 1.165) is 11.3 Å². The first-order chi connectivity index (χ1) is 8.17. The molecule has 88 valence electrons. The maximum absolute atomic E-state index is 8.12. The standard InChI is InChI=1S/C10H11N3O.CO2/c1-7-3-4-9(8(2)5-7)14-10-6-11-13-12-10;2-1-3/h3-6H,1-2H3,(H,11,12,13);. The number of ether oxygens (including phenoxy) is 1. The minimum absolute atomic E-state index is 0.250. The first-order valence-corrected chi connectivity index (χ1v) is 4.77. The Kier molecular flexibility index (Phi) is 4.59. The number of rotatable bonds is 2. The third kappa shape index (κ3) is 3.89. The van der Waals surface area contributed by atoms with E-state index < -0.39 is 0 Å². The summed E-state index contributed by atoms with van der Waals surface area (Å²) in [5, 5.41) is 9.98. The lowest BCUT2D eigenvalue weighted by molar-refractivity contribution is -0.191. The largest absolute Gasteiger partial charge is 0.436 e. The summed E-state index contributed by atoms with van der Waals surface area (Å²) < 4.78 is 5.50. The molecule has 6 heteroatoms. The van der Waals surface area contributed by atoms with Crippen molar-refractivity contribution < 1.29 is 14.3 Å². The van der Waals surface area contributed by atoms with Crippen molar-refractivity contribution in [3.63, 3.8) is 0 Å². The van der Waals surface area contributed by atoms with Gasteiger partial charge in [0.25, 0.3) is 5.88 Å². The van der Waals surface area contributed by atoms with Crippen LogP contribution in [0.15, 0.2) is 24.4 Å². The summed E-state index contributed by atoms with van der Waals surface area (Å²) in [5.41, 5.74) is 2.31. The van der Waals surface area contributed by atoms with E-state index in [0.29, 0.717) is 5.88 Å². The van der Waals surface area contributed by atoms with Crippen LogP contribution >= 0.6 is 0 Å². The molecule has 0 saturated carbocycles. The summed E-state index contributed by atoms with van der Waals surface area (Å²) >= 11 is 0. The zero-order valence-electron chi connectivity index (χ0n) is 9.43. The third-order valence-corrected chi connectivity index (χ3v) is 1.94. The monoisotopic (exact) mass is 233 g/mol. The maximum atomic E-state index is 8.12. The van der Waals surface area contributed by atoms with Crippen molar-refractivity contribution in [1.29, 1.82) is 0 Å². The fourth-order valence-corrected chi connectivity index (χ4v) is 1.27. The number of nitrogens with zero attached hydrogens (tertiary/aromatic N) is 2. The Morgan fingerprint density at radius 1 is 1.29 bits per heavy atom. The number of carbonyl (C=O) groups excluding carboxylic acids is 2. The van der Waals surface area contributed by atoms with Gasteiger partial charge in [0.1, 0.15) is 11.9 Å². The lowest BCUT2D eigenvalue weighted by atomic mass is 10.1. The minimum Gasteiger partial charge on any atom is -0.436 e. The van der Waals surface area contributed by atoms with Gasteiger partial charge in [-0.15, -0.1) is 5.10 Å². The first kappa shape index (κ1) is 12.6. The van der Waals surface area contributed by atoms with Gasteiger partial charge in [0, 0.05) is 0 Å². The average molecular weight is 233 g/mol. The van der Waals surface area contributed by atoms with Gasteiger partial charge >= 0.3 is 6.15 Å². The molecule has 0 aliphatic heterocycles. The van der Waals surface area contributed by atoms with Gasteiger partial charge in [-0.2, -0.15) is 19.9 Å². The maximum Gasteiger partial charge on any atom is 0.373 e. The van der Waals surface area contributed by atoms with Gasteiger partial charge in [-0.3, -0.25) is 0 Å². The van der Waals surface area contributed by atoms with Gasteiger partial charge in [0.15, 0.2) is 0 Å². The van der Waals surface area contributed by atoms with Crippen molar-refractivity contribution in [3.05, 3.63) is 35.5 Å². The van der Waals surface area contributed by atoms with E-state index in [4.69, 9.17) is 14.3 Å². The average Bonchev–Trinajstić information content (AvgIpc) is 2.76. The van der Waals surface area contributed by atoms with Crippen LogP contribution in [-0.2, 0) is 9.59 Å². The summed E-state index contributed by atoms with van der Waals surface area (Å²) in [6, 6.07) is 6.00. The Hall–Kier alpha value is -2.46. The summed E-state index contributed by atoms with van der Waals surface area (Å²) in [5.74, 6) is 1.29. The second-order valence-electron chi connectivity index (χ2n) is 3.26. The summed E-state index contributed by atoms with van der Waals surface area (Å²) in [6.07, 6.45) is 1.79. The van der Waals surface area contributed by atoms with Crippen LogP contribution in [0.25, 0.3) is 0 Å². The molecule has 0 unspecified atom stereocenters. The molecule has 2 aromatic rings. The predicted octanol–water partition coefficient (Wildman–Crippen LogP) is 1.63. The van der Waals surface area contributed by atoms with E-state index in [-0.39, 0.29) is 6.15 Å². The number of aromatic nitrogens is 3. The third-order valence-electron chi connectivity index (χ3n) is 1.94.